The summed E-state index contributed by atoms with van der Waals surface area (Å²) in [5.74, 6) is 1.69. The van der Waals surface area contributed by atoms with Gasteiger partial charge in [0.15, 0.2) is 0 Å². The molecule has 1 aliphatic carbocycles. The van der Waals surface area contributed by atoms with Crippen LogP contribution in [0, 0.1) is 18.8 Å². The van der Waals surface area contributed by atoms with E-state index in [0.29, 0.717) is 0 Å². The molecular weight excluding hydrogens is 360 g/mol. The van der Waals surface area contributed by atoms with Gasteiger partial charge in [0.25, 0.3) is 10.1 Å². The molecule has 146 valence electrons. The maximum Gasteiger partial charge on any atom is 0.297 e. The van der Waals surface area contributed by atoms with Crippen LogP contribution in [0.5, 0.6) is 0 Å². The van der Waals surface area contributed by atoms with Crippen LogP contribution >= 0.6 is 0 Å². The predicted octanol–water partition coefficient (Wildman–Crippen LogP) is 5.31. The van der Waals surface area contributed by atoms with Gasteiger partial charge in [-0.3, -0.25) is 4.18 Å². The molecule has 0 aromatic heterocycles. The lowest BCUT2D eigenvalue weighted by Gasteiger charge is -2.37. The first-order valence-electron chi connectivity index (χ1n) is 10.5. The smallest absolute Gasteiger partial charge is 0.263 e. The van der Waals surface area contributed by atoms with Gasteiger partial charge in [0.05, 0.1) is 11.0 Å². The molecule has 26 heavy (non-hydrogen) atoms. The van der Waals surface area contributed by atoms with Crippen LogP contribution in [0.3, 0.4) is 0 Å². The molecule has 1 saturated heterocycles. The number of hydrogen-bond donors (Lipinski definition) is 0. The molecule has 0 spiro atoms. The molecule has 0 radical (unpaired) electrons. The predicted molar refractivity (Wildman–Crippen MR) is 110 cm³/mol. The van der Waals surface area contributed by atoms with Crippen molar-refractivity contribution in [3.05, 3.63) is 29.8 Å². The fraction of sp³-hybridized carbons (Fsp3) is 0.714. The molecule has 0 unspecified atom stereocenters. The van der Waals surface area contributed by atoms with Crippen LogP contribution in [-0.4, -0.2) is 23.3 Å². The molecule has 1 aromatic carbocycles. The largest absolute Gasteiger partial charge is 0.297 e. The van der Waals surface area contributed by atoms with Crippen molar-refractivity contribution in [1.82, 2.24) is 0 Å². The Morgan fingerprint density at radius 1 is 0.962 bits per heavy atom. The van der Waals surface area contributed by atoms with Gasteiger partial charge in [-0.05, 0) is 56.6 Å². The fourth-order valence-electron chi connectivity index (χ4n) is 4.95. The Hall–Kier alpha value is -0.653. The third-order valence-corrected chi connectivity index (χ3v) is 11.6. The summed E-state index contributed by atoms with van der Waals surface area (Å²) in [6.07, 6.45) is 8.17. The normalized spacial score (nSPS) is 30.2. The number of aryl methyl sites for hydroxylation is 1. The Kier molecular flexibility index (Phi) is 6.97. The molecule has 0 N–H and O–H groups in total. The average molecular weight is 395 g/mol. The van der Waals surface area contributed by atoms with Gasteiger partial charge in [-0.1, -0.05) is 62.0 Å². The summed E-state index contributed by atoms with van der Waals surface area (Å²) in [6.45, 7) is 4.28. The van der Waals surface area contributed by atoms with Crippen LogP contribution in [0.1, 0.15) is 57.4 Å². The molecule has 0 atom stereocenters. The van der Waals surface area contributed by atoms with E-state index in [4.69, 9.17) is 4.18 Å². The quantitative estimate of drug-likeness (QED) is 0.485. The molecule has 1 aliphatic heterocycles. The molecule has 2 fully saturated rings. The second kappa shape index (κ2) is 9.02. The topological polar surface area (TPSA) is 43.4 Å². The maximum absolute atomic E-state index is 12.5. The molecule has 1 heterocycles. The van der Waals surface area contributed by atoms with E-state index in [0.717, 1.165) is 43.1 Å². The molecule has 3 nitrogen and oxygen atoms in total. The minimum Gasteiger partial charge on any atom is -0.263 e. The summed E-state index contributed by atoms with van der Waals surface area (Å²) in [5.41, 5.74) is 1.06. The minimum atomic E-state index is -3.63. The Morgan fingerprint density at radius 2 is 1.54 bits per heavy atom. The lowest BCUT2D eigenvalue weighted by atomic mass is 9.76. The molecule has 1 saturated carbocycles. The van der Waals surface area contributed by atoms with E-state index in [9.17, 15) is 8.42 Å². The summed E-state index contributed by atoms with van der Waals surface area (Å²) >= 11 is 0. The zero-order valence-electron chi connectivity index (χ0n) is 16.3. The first-order valence-corrected chi connectivity index (χ1v) is 14.3. The second-order valence-electron chi connectivity index (χ2n) is 8.47. The average Bonchev–Trinajstić information content (AvgIpc) is 2.63. The van der Waals surface area contributed by atoms with Gasteiger partial charge in [0, 0.05) is 8.80 Å². The molecule has 5 heteroatoms. The Bertz CT molecular complexity index is 655. The summed E-state index contributed by atoms with van der Waals surface area (Å²) in [5, 5.41) is 0. The van der Waals surface area contributed by atoms with Gasteiger partial charge in [-0.25, -0.2) is 0 Å². The van der Waals surface area contributed by atoms with Crippen LogP contribution in [0.2, 0.25) is 18.1 Å². The van der Waals surface area contributed by atoms with Crippen molar-refractivity contribution in [1.29, 1.82) is 0 Å². The molecule has 0 amide bonds. The number of benzene rings is 1. The Balaban J connectivity index is 1.47. The van der Waals surface area contributed by atoms with E-state index < -0.39 is 18.9 Å². The molecular formula is C21H34O3SSi. The van der Waals surface area contributed by atoms with Gasteiger partial charge in [0.1, 0.15) is 0 Å². The van der Waals surface area contributed by atoms with Crippen molar-refractivity contribution in [2.45, 2.75) is 87.9 Å². The SMILES string of the molecule is CCC[SiH]1CCC([C@H]2CC[C@H](OS(=O)(=O)c3ccc(C)cc3)CC2)CC1. The maximum atomic E-state index is 12.5. The van der Waals surface area contributed by atoms with E-state index in [1.165, 1.54) is 37.4 Å². The van der Waals surface area contributed by atoms with Crippen molar-refractivity contribution in [3.63, 3.8) is 0 Å². The fourth-order valence-corrected chi connectivity index (χ4v) is 9.57. The molecule has 1 aromatic rings. The second-order valence-corrected chi connectivity index (χ2v) is 13.5. The third-order valence-electron chi connectivity index (χ3n) is 6.55. The van der Waals surface area contributed by atoms with E-state index in [-0.39, 0.29) is 11.0 Å². The highest BCUT2D eigenvalue weighted by Crippen LogP contribution is 2.40. The van der Waals surface area contributed by atoms with Crippen LogP contribution < -0.4 is 0 Å². The zero-order chi connectivity index (χ0) is 18.6. The van der Waals surface area contributed by atoms with E-state index >= 15 is 0 Å². The highest BCUT2D eigenvalue weighted by atomic mass is 32.2. The van der Waals surface area contributed by atoms with Crippen molar-refractivity contribution in [3.8, 4) is 0 Å². The molecule has 2 aliphatic rings. The van der Waals surface area contributed by atoms with Crippen LogP contribution in [0.25, 0.3) is 0 Å². The van der Waals surface area contributed by atoms with Crippen LogP contribution in [0.15, 0.2) is 29.2 Å². The lowest BCUT2D eigenvalue weighted by Crippen LogP contribution is -2.31. The van der Waals surface area contributed by atoms with Crippen molar-refractivity contribution < 1.29 is 12.6 Å². The zero-order valence-corrected chi connectivity index (χ0v) is 18.3. The Morgan fingerprint density at radius 3 is 2.12 bits per heavy atom. The van der Waals surface area contributed by atoms with Gasteiger partial charge >= 0.3 is 0 Å². The Labute approximate surface area is 161 Å². The summed E-state index contributed by atoms with van der Waals surface area (Å²) in [6, 6.07) is 11.6. The number of rotatable bonds is 6. The van der Waals surface area contributed by atoms with Gasteiger partial charge in [-0.2, -0.15) is 8.42 Å². The standard InChI is InChI=1S/C21H34O3SSi/c1-3-14-26-15-12-19(13-16-26)18-6-8-20(9-7-18)24-25(22,23)21-10-4-17(2)5-11-21/h4-5,10-11,18-20,26H,3,6-9,12-16H2,1-2H3/t18-,19?,20-,26?. The van der Waals surface area contributed by atoms with Crippen LogP contribution in [0.4, 0.5) is 0 Å². The van der Waals surface area contributed by atoms with Crippen LogP contribution in [-0.2, 0) is 14.3 Å². The summed E-state index contributed by atoms with van der Waals surface area (Å²) in [4.78, 5) is 0.282. The van der Waals surface area contributed by atoms with Gasteiger partial charge in [-0.15, -0.1) is 0 Å². The van der Waals surface area contributed by atoms with E-state index in [2.05, 4.69) is 6.92 Å². The summed E-state index contributed by atoms with van der Waals surface area (Å²) in [7, 11) is -4.03. The highest BCUT2D eigenvalue weighted by Gasteiger charge is 2.33. The molecule has 3 rings (SSSR count). The van der Waals surface area contributed by atoms with E-state index in [1.54, 1.807) is 12.1 Å². The first-order chi connectivity index (χ1) is 12.5. The first kappa shape index (κ1) is 20.1. The monoisotopic (exact) mass is 394 g/mol. The minimum absolute atomic E-state index is 0.136. The van der Waals surface area contributed by atoms with Gasteiger partial charge in [0.2, 0.25) is 0 Å². The van der Waals surface area contributed by atoms with E-state index in [1.807, 2.05) is 19.1 Å². The van der Waals surface area contributed by atoms with Gasteiger partial charge < -0.3 is 0 Å². The van der Waals surface area contributed by atoms with Crippen molar-refractivity contribution in [2.75, 3.05) is 0 Å². The summed E-state index contributed by atoms with van der Waals surface area (Å²) < 4.78 is 30.5. The lowest BCUT2D eigenvalue weighted by molar-refractivity contribution is 0.112. The third kappa shape index (κ3) is 5.20. The van der Waals surface area contributed by atoms with Crippen molar-refractivity contribution >= 4 is 18.9 Å². The number of hydrogen-bond acceptors (Lipinski definition) is 3. The van der Waals surface area contributed by atoms with Crippen molar-refractivity contribution in [2.24, 2.45) is 11.8 Å². The highest BCUT2D eigenvalue weighted by molar-refractivity contribution is 7.86. The molecule has 0 bridgehead atoms.